The number of nitriles is 1. The summed E-state index contributed by atoms with van der Waals surface area (Å²) in [6.45, 7) is 4.01. The van der Waals surface area contributed by atoms with Gasteiger partial charge in [-0.3, -0.25) is 9.59 Å². The van der Waals surface area contributed by atoms with Crippen LogP contribution in [0.2, 0.25) is 0 Å². The summed E-state index contributed by atoms with van der Waals surface area (Å²) in [4.78, 5) is 39.8. The molecule has 0 saturated heterocycles. The van der Waals surface area contributed by atoms with Crippen molar-refractivity contribution in [2.45, 2.75) is 45.0 Å². The Kier molecular flexibility index (Phi) is 9.59. The Balaban J connectivity index is 2.31. The SMILES string of the molecule is CC(C)(C)OC(=O)NC(CO)C(=O)N(CC#N)C(C(=O)NCc1ccccc1)c1ccccc1. The third kappa shape index (κ3) is 7.90. The van der Waals surface area contributed by atoms with Gasteiger partial charge < -0.3 is 25.4 Å². The number of aliphatic hydroxyl groups excluding tert-OH is 1. The topological polar surface area (TPSA) is 132 Å². The van der Waals surface area contributed by atoms with Gasteiger partial charge >= 0.3 is 6.09 Å². The second kappa shape index (κ2) is 12.4. The smallest absolute Gasteiger partial charge is 0.408 e. The van der Waals surface area contributed by atoms with E-state index in [2.05, 4.69) is 10.6 Å². The van der Waals surface area contributed by atoms with Crippen molar-refractivity contribution in [1.29, 1.82) is 5.26 Å². The van der Waals surface area contributed by atoms with Crippen LogP contribution in [0.5, 0.6) is 0 Å². The van der Waals surface area contributed by atoms with Crippen LogP contribution in [0, 0.1) is 11.3 Å². The molecule has 0 aliphatic rings. The zero-order chi connectivity index (χ0) is 25.1. The Labute approximate surface area is 199 Å². The Morgan fingerprint density at radius 2 is 1.65 bits per heavy atom. The van der Waals surface area contributed by atoms with Gasteiger partial charge in [-0.05, 0) is 31.9 Å². The van der Waals surface area contributed by atoms with Gasteiger partial charge in [0.2, 0.25) is 11.8 Å². The molecule has 0 bridgehead atoms. The summed E-state index contributed by atoms with van der Waals surface area (Å²) in [5.74, 6) is -1.30. The maximum absolute atomic E-state index is 13.3. The average Bonchev–Trinajstić information content (AvgIpc) is 2.80. The molecule has 9 heteroatoms. The number of ether oxygens (including phenoxy) is 1. The molecule has 0 aliphatic carbocycles. The fourth-order valence-corrected chi connectivity index (χ4v) is 3.20. The van der Waals surface area contributed by atoms with E-state index in [1.807, 2.05) is 36.4 Å². The molecule has 3 N–H and O–H groups in total. The molecule has 0 aliphatic heterocycles. The molecule has 2 unspecified atom stereocenters. The third-order valence-corrected chi connectivity index (χ3v) is 4.68. The Hall–Kier alpha value is -3.90. The predicted molar refractivity (Wildman–Crippen MR) is 125 cm³/mol. The second-order valence-corrected chi connectivity index (χ2v) is 8.52. The van der Waals surface area contributed by atoms with Crippen LogP contribution in [0.4, 0.5) is 4.79 Å². The molecule has 2 aromatic rings. The fourth-order valence-electron chi connectivity index (χ4n) is 3.20. The molecule has 3 amide bonds. The van der Waals surface area contributed by atoms with E-state index in [9.17, 15) is 24.8 Å². The predicted octanol–water partition coefficient (Wildman–Crippen LogP) is 2.28. The first-order chi connectivity index (χ1) is 16.2. The summed E-state index contributed by atoms with van der Waals surface area (Å²) in [7, 11) is 0. The highest BCUT2D eigenvalue weighted by molar-refractivity contribution is 5.92. The average molecular weight is 467 g/mol. The summed E-state index contributed by atoms with van der Waals surface area (Å²) in [6.07, 6.45) is -0.901. The highest BCUT2D eigenvalue weighted by Gasteiger charge is 2.36. The first-order valence-electron chi connectivity index (χ1n) is 10.8. The highest BCUT2D eigenvalue weighted by Crippen LogP contribution is 2.22. The van der Waals surface area contributed by atoms with E-state index >= 15 is 0 Å². The Morgan fingerprint density at radius 3 is 2.18 bits per heavy atom. The van der Waals surface area contributed by atoms with E-state index in [-0.39, 0.29) is 6.54 Å². The quantitative estimate of drug-likeness (QED) is 0.486. The molecule has 0 spiro atoms. The molecule has 0 heterocycles. The van der Waals surface area contributed by atoms with E-state index in [1.165, 1.54) is 0 Å². The molecular formula is C25H30N4O5. The molecule has 2 rings (SSSR count). The van der Waals surface area contributed by atoms with Crippen LogP contribution in [0.1, 0.15) is 37.9 Å². The van der Waals surface area contributed by atoms with Crippen LogP contribution < -0.4 is 10.6 Å². The number of hydrogen-bond acceptors (Lipinski definition) is 6. The minimum absolute atomic E-state index is 0.219. The molecule has 0 aromatic heterocycles. The molecule has 2 atom stereocenters. The molecule has 0 fully saturated rings. The molecule has 0 radical (unpaired) electrons. The van der Waals surface area contributed by atoms with Gasteiger partial charge in [0, 0.05) is 6.54 Å². The van der Waals surface area contributed by atoms with E-state index < -0.39 is 48.7 Å². The van der Waals surface area contributed by atoms with Crippen LogP contribution in [0.25, 0.3) is 0 Å². The van der Waals surface area contributed by atoms with E-state index in [1.54, 1.807) is 51.1 Å². The van der Waals surface area contributed by atoms with Gasteiger partial charge in [0.05, 0.1) is 12.7 Å². The maximum Gasteiger partial charge on any atom is 0.408 e. The number of rotatable bonds is 9. The van der Waals surface area contributed by atoms with E-state index in [4.69, 9.17) is 4.74 Å². The Bertz CT molecular complexity index is 999. The van der Waals surface area contributed by atoms with Gasteiger partial charge in [0.25, 0.3) is 0 Å². The minimum Gasteiger partial charge on any atom is -0.444 e. The summed E-state index contributed by atoms with van der Waals surface area (Å²) in [5.41, 5.74) is 0.523. The number of aliphatic hydroxyl groups is 1. The van der Waals surface area contributed by atoms with Crippen molar-refractivity contribution in [3.05, 3.63) is 71.8 Å². The van der Waals surface area contributed by atoms with Crippen molar-refractivity contribution >= 4 is 17.9 Å². The first kappa shape index (κ1) is 26.4. The van der Waals surface area contributed by atoms with Gasteiger partial charge in [-0.1, -0.05) is 60.7 Å². The number of benzene rings is 2. The van der Waals surface area contributed by atoms with Crippen molar-refractivity contribution < 1.29 is 24.2 Å². The maximum atomic E-state index is 13.3. The number of amides is 3. The lowest BCUT2D eigenvalue weighted by molar-refractivity contribution is -0.142. The number of carbonyl (C=O) groups excluding carboxylic acids is 3. The Morgan fingerprint density at radius 1 is 1.06 bits per heavy atom. The van der Waals surface area contributed by atoms with Crippen LogP contribution in [-0.2, 0) is 20.9 Å². The third-order valence-electron chi connectivity index (χ3n) is 4.68. The van der Waals surface area contributed by atoms with Crippen LogP contribution >= 0.6 is 0 Å². The molecule has 34 heavy (non-hydrogen) atoms. The van der Waals surface area contributed by atoms with Crippen molar-refractivity contribution in [2.75, 3.05) is 13.2 Å². The lowest BCUT2D eigenvalue weighted by Gasteiger charge is -2.32. The van der Waals surface area contributed by atoms with Crippen LogP contribution in [0.15, 0.2) is 60.7 Å². The van der Waals surface area contributed by atoms with Crippen molar-refractivity contribution in [2.24, 2.45) is 0 Å². The minimum atomic E-state index is -1.41. The van der Waals surface area contributed by atoms with Gasteiger partial charge in [-0.15, -0.1) is 0 Å². The monoisotopic (exact) mass is 466 g/mol. The largest absolute Gasteiger partial charge is 0.444 e. The standard InChI is InChI=1S/C25H30N4O5/c1-25(2,3)34-24(33)28-20(17-30)23(32)29(15-14-26)21(19-12-8-5-9-13-19)22(31)27-16-18-10-6-4-7-11-18/h4-13,20-21,30H,15-17H2,1-3H3,(H,27,31)(H,28,33). The highest BCUT2D eigenvalue weighted by atomic mass is 16.6. The summed E-state index contributed by atoms with van der Waals surface area (Å²) in [5, 5.41) is 24.3. The van der Waals surface area contributed by atoms with Crippen LogP contribution in [0.3, 0.4) is 0 Å². The lowest BCUT2D eigenvalue weighted by Crippen LogP contribution is -2.54. The summed E-state index contributed by atoms with van der Waals surface area (Å²) >= 11 is 0. The van der Waals surface area contributed by atoms with Gasteiger partial charge in [-0.2, -0.15) is 5.26 Å². The number of carbonyl (C=O) groups is 3. The zero-order valence-corrected chi connectivity index (χ0v) is 19.5. The van der Waals surface area contributed by atoms with E-state index in [0.29, 0.717) is 5.56 Å². The molecule has 180 valence electrons. The van der Waals surface area contributed by atoms with Crippen molar-refractivity contribution in [3.63, 3.8) is 0 Å². The van der Waals surface area contributed by atoms with Crippen molar-refractivity contribution in [3.8, 4) is 6.07 Å². The number of hydrogen-bond donors (Lipinski definition) is 3. The molecule has 9 nitrogen and oxygen atoms in total. The molecular weight excluding hydrogens is 436 g/mol. The molecule has 2 aromatic carbocycles. The van der Waals surface area contributed by atoms with E-state index in [0.717, 1.165) is 10.5 Å². The zero-order valence-electron chi connectivity index (χ0n) is 19.5. The van der Waals surface area contributed by atoms with Crippen LogP contribution in [-0.4, -0.2) is 52.7 Å². The number of nitrogens with one attached hydrogen (secondary N) is 2. The summed E-state index contributed by atoms with van der Waals surface area (Å²) < 4.78 is 5.16. The van der Waals surface area contributed by atoms with Gasteiger partial charge in [-0.25, -0.2) is 4.79 Å². The summed E-state index contributed by atoms with van der Waals surface area (Å²) in [6, 6.07) is 17.1. The number of alkyl carbamates (subject to hydrolysis) is 1. The van der Waals surface area contributed by atoms with Crippen molar-refractivity contribution in [1.82, 2.24) is 15.5 Å². The molecule has 0 saturated carbocycles. The number of nitrogens with zero attached hydrogens (tertiary/aromatic N) is 2. The lowest BCUT2D eigenvalue weighted by atomic mass is 10.0. The van der Waals surface area contributed by atoms with Gasteiger partial charge in [0.15, 0.2) is 0 Å². The second-order valence-electron chi connectivity index (χ2n) is 8.52. The normalized spacial score (nSPS) is 12.6. The fraction of sp³-hybridized carbons (Fsp3) is 0.360. The first-order valence-corrected chi connectivity index (χ1v) is 10.8. The van der Waals surface area contributed by atoms with Gasteiger partial charge in [0.1, 0.15) is 24.2 Å².